The summed E-state index contributed by atoms with van der Waals surface area (Å²) in [6.07, 6.45) is -21.1. The first-order chi connectivity index (χ1) is 38.6. The molecule has 82 heavy (non-hydrogen) atoms. The highest BCUT2D eigenvalue weighted by atomic mass is 32.1. The van der Waals surface area contributed by atoms with Crippen molar-refractivity contribution in [1.29, 1.82) is 0 Å². The lowest BCUT2D eigenvalue weighted by atomic mass is 9.97. The maximum absolute atomic E-state index is 14.6. The first-order valence-corrected chi connectivity index (χ1v) is 25.6. The average Bonchev–Trinajstić information content (AvgIpc) is 3.61. The quantitative estimate of drug-likeness (QED) is 0.0297. The fraction of sp³-hybridized carbons (Fsp3) is 0.750. The topological polar surface area (TPSA) is 572 Å². The molecule has 3 fully saturated rings. The Balaban J connectivity index is 2.01. The standard InChI is InChI=1S/C44H73N11O26S/c1-15(59)49-20(12-77-43-30(51-17(3)61)36(70)33(67)24(9-57)80-43)40(74)55-21(13-78-44-31(52-18(4)62)37(71)34(68)25(10-58)81-44)41(75)54-19(11-76-42-29(50-16(2)60)35(69)32(66)23(8-56)79-42)39(73)48-6-27(64)46-5-26(63)47-7-28(65)53-22(14-82)38(45)72/h19-25,29-37,42-44,56-58,66-71,82H,5-14H2,1-4H3,(H2,45,72)(H,46,64)(H,47,63)(H,48,73)(H,49,59)(H,50,60)(H,51,61)(H,52,62)(H,53,65)(H,54,75)(H,55,74)/t19-,20-,21-,22-,23+,24+,25+,29+,30+,31+,32-,33-,34-,35+,36+,37+,42-,43-,44-/m0/s1. The van der Waals surface area contributed by atoms with Crippen molar-refractivity contribution in [2.24, 2.45) is 5.73 Å². The summed E-state index contributed by atoms with van der Waals surface area (Å²) in [5.74, 6) is -11.2. The molecule has 3 rings (SSSR count). The van der Waals surface area contributed by atoms with Crippen molar-refractivity contribution in [2.75, 3.05) is 65.0 Å². The minimum Gasteiger partial charge on any atom is -0.394 e. The van der Waals surface area contributed by atoms with E-state index in [2.05, 4.69) is 65.8 Å². The van der Waals surface area contributed by atoms with E-state index in [1.165, 1.54) is 0 Å². The largest absolute Gasteiger partial charge is 0.394 e. The first-order valence-electron chi connectivity index (χ1n) is 25.0. The molecule has 0 saturated carbocycles. The molecule has 11 amide bonds. The van der Waals surface area contributed by atoms with Crippen molar-refractivity contribution in [3.05, 3.63) is 0 Å². The molecule has 37 nitrogen and oxygen atoms in total. The van der Waals surface area contributed by atoms with Crippen LogP contribution in [0.15, 0.2) is 0 Å². The van der Waals surface area contributed by atoms with Gasteiger partial charge in [-0.15, -0.1) is 0 Å². The molecule has 3 aliphatic heterocycles. The Bertz CT molecular complexity index is 2230. The Labute approximate surface area is 471 Å². The number of nitrogens with one attached hydrogen (secondary N) is 10. The van der Waals surface area contributed by atoms with E-state index in [0.717, 1.165) is 27.7 Å². The SMILES string of the molecule is CC(=O)N[C@H]1[C@@H](OC[C@H](NC(C)=O)C(=O)N[C@@H](CO[C@H]2O[C@H](CO)[C@H](O)[C@H](O)[C@H]2NC(C)=O)C(=O)N[C@@H](CO[C@H]2O[C@H](CO)[C@H](O)[C@H](O)[C@H]2NC(C)=O)C(=O)NCC(=O)NCC(=O)NCC(=O)N[C@@H](CS)C(N)=O)O[C@H](CO)[C@H](O)[C@@H]1O. The molecule has 0 bridgehead atoms. The van der Waals surface area contributed by atoms with Gasteiger partial charge in [-0.3, -0.25) is 52.7 Å². The molecule has 38 heteroatoms. The second kappa shape index (κ2) is 33.9. The van der Waals surface area contributed by atoms with Crippen LogP contribution in [-0.2, 0) is 81.2 Å². The van der Waals surface area contributed by atoms with Crippen molar-refractivity contribution >= 4 is 77.6 Å². The number of primary amides is 1. The van der Waals surface area contributed by atoms with Gasteiger partial charge in [-0.2, -0.15) is 12.6 Å². The third-order valence-electron chi connectivity index (χ3n) is 12.2. The molecule has 3 saturated heterocycles. The van der Waals surface area contributed by atoms with E-state index in [9.17, 15) is 98.7 Å². The number of aliphatic hydroxyl groups is 9. The van der Waals surface area contributed by atoms with Crippen LogP contribution in [0.3, 0.4) is 0 Å². The summed E-state index contributed by atoms with van der Waals surface area (Å²) >= 11 is 3.89. The molecule has 3 heterocycles. The van der Waals surface area contributed by atoms with Crippen LogP contribution in [0.1, 0.15) is 27.7 Å². The van der Waals surface area contributed by atoms with Crippen molar-refractivity contribution in [3.63, 3.8) is 0 Å². The van der Waals surface area contributed by atoms with Crippen molar-refractivity contribution < 1.29 is 127 Å². The van der Waals surface area contributed by atoms with E-state index in [0.29, 0.717) is 0 Å². The van der Waals surface area contributed by atoms with E-state index in [1.54, 1.807) is 0 Å². The van der Waals surface area contributed by atoms with Gasteiger partial charge in [0, 0.05) is 33.4 Å². The van der Waals surface area contributed by atoms with Crippen LogP contribution in [0.5, 0.6) is 0 Å². The van der Waals surface area contributed by atoms with Crippen LogP contribution in [0.2, 0.25) is 0 Å². The normalized spacial score (nSPS) is 29.4. The van der Waals surface area contributed by atoms with Gasteiger partial charge in [0.25, 0.3) is 0 Å². The van der Waals surface area contributed by atoms with E-state index in [-0.39, 0.29) is 5.75 Å². The van der Waals surface area contributed by atoms with E-state index in [4.69, 9.17) is 34.2 Å². The number of rotatable bonds is 30. The molecule has 466 valence electrons. The fourth-order valence-corrected chi connectivity index (χ4v) is 8.25. The third kappa shape index (κ3) is 21.3. The first kappa shape index (κ1) is 70.2. The smallest absolute Gasteiger partial charge is 0.245 e. The lowest BCUT2D eigenvalue weighted by molar-refractivity contribution is -0.271. The summed E-state index contributed by atoms with van der Waals surface area (Å²) in [4.78, 5) is 141. The molecule has 0 aromatic rings. The van der Waals surface area contributed by atoms with Gasteiger partial charge in [0.15, 0.2) is 18.9 Å². The number of hydrogen-bond acceptors (Lipinski definition) is 27. The second-order valence-corrected chi connectivity index (χ2v) is 19.0. The number of carbonyl (C=O) groups excluding carboxylic acids is 11. The van der Waals surface area contributed by atoms with Gasteiger partial charge < -0.3 is 133 Å². The van der Waals surface area contributed by atoms with Gasteiger partial charge in [0.1, 0.15) is 97.2 Å². The van der Waals surface area contributed by atoms with E-state index in [1.807, 2.05) is 0 Å². The zero-order valence-corrected chi connectivity index (χ0v) is 45.4. The number of carbonyl (C=O) groups is 11. The summed E-state index contributed by atoms with van der Waals surface area (Å²) in [7, 11) is 0. The van der Waals surface area contributed by atoms with Crippen molar-refractivity contribution in [3.8, 4) is 0 Å². The summed E-state index contributed by atoms with van der Waals surface area (Å²) < 4.78 is 33.9. The van der Waals surface area contributed by atoms with Gasteiger partial charge in [0.05, 0.1) is 59.3 Å². The molecular weight excluding hydrogens is 1130 g/mol. The molecule has 19 atom stereocenters. The Hall–Kier alpha value is -6.08. The fourth-order valence-electron chi connectivity index (χ4n) is 7.98. The Kier molecular flexibility index (Phi) is 29.0. The molecule has 0 aromatic carbocycles. The number of aliphatic hydroxyl groups excluding tert-OH is 9. The Morgan fingerprint density at radius 2 is 0.756 bits per heavy atom. The summed E-state index contributed by atoms with van der Waals surface area (Å²) in [6.45, 7) is -4.25. The van der Waals surface area contributed by atoms with Gasteiger partial charge in [-0.1, -0.05) is 0 Å². The van der Waals surface area contributed by atoms with Crippen LogP contribution >= 0.6 is 12.6 Å². The predicted molar refractivity (Wildman–Crippen MR) is 269 cm³/mol. The van der Waals surface area contributed by atoms with Crippen LogP contribution in [0, 0.1) is 0 Å². The molecule has 0 radical (unpaired) electrons. The number of amides is 11. The van der Waals surface area contributed by atoms with Crippen LogP contribution in [0.4, 0.5) is 0 Å². The number of thiol groups is 1. The monoisotopic (exact) mass is 1200 g/mol. The van der Waals surface area contributed by atoms with Gasteiger partial charge >= 0.3 is 0 Å². The summed E-state index contributed by atoms with van der Waals surface area (Å²) in [5, 5.41) is 116. The maximum Gasteiger partial charge on any atom is 0.245 e. The Morgan fingerprint density at radius 3 is 1.06 bits per heavy atom. The van der Waals surface area contributed by atoms with Crippen LogP contribution in [0.25, 0.3) is 0 Å². The predicted octanol–water partition coefficient (Wildman–Crippen LogP) is -14.4. The highest BCUT2D eigenvalue weighted by molar-refractivity contribution is 7.80. The van der Waals surface area contributed by atoms with Gasteiger partial charge in [0.2, 0.25) is 65.0 Å². The molecule has 3 aliphatic rings. The molecule has 0 spiro atoms. The average molecular weight is 1200 g/mol. The number of hydrogen-bond donors (Lipinski definition) is 21. The third-order valence-corrected chi connectivity index (χ3v) is 12.5. The van der Waals surface area contributed by atoms with Gasteiger partial charge in [-0.05, 0) is 0 Å². The number of nitrogens with two attached hydrogens (primary N) is 1. The van der Waals surface area contributed by atoms with E-state index < -0.39 is 240 Å². The molecule has 0 unspecified atom stereocenters. The molecule has 0 aromatic heterocycles. The minimum atomic E-state index is -2.14. The number of ether oxygens (including phenoxy) is 6. The minimum absolute atomic E-state index is 0.156. The zero-order chi connectivity index (χ0) is 61.7. The summed E-state index contributed by atoms with van der Waals surface area (Å²) in [6, 6.07) is -12.1. The molecule has 21 N–H and O–H groups in total. The second-order valence-electron chi connectivity index (χ2n) is 18.7. The maximum atomic E-state index is 14.6. The van der Waals surface area contributed by atoms with Crippen molar-refractivity contribution in [2.45, 2.75) is 144 Å². The summed E-state index contributed by atoms with van der Waals surface area (Å²) in [5.41, 5.74) is 5.16. The van der Waals surface area contributed by atoms with Crippen molar-refractivity contribution in [1.82, 2.24) is 53.2 Å². The highest BCUT2D eigenvalue weighted by Gasteiger charge is 2.49. The highest BCUT2D eigenvalue weighted by Crippen LogP contribution is 2.25. The molecule has 0 aliphatic carbocycles. The van der Waals surface area contributed by atoms with Crippen LogP contribution < -0.4 is 58.9 Å². The Morgan fingerprint density at radius 1 is 0.439 bits per heavy atom. The lowest BCUT2D eigenvalue weighted by Gasteiger charge is -2.42. The molecular formula is C44H73N11O26S. The zero-order valence-electron chi connectivity index (χ0n) is 44.5. The van der Waals surface area contributed by atoms with E-state index >= 15 is 0 Å². The van der Waals surface area contributed by atoms with Gasteiger partial charge in [-0.25, -0.2) is 0 Å². The lowest BCUT2D eigenvalue weighted by Crippen LogP contribution is -2.66. The van der Waals surface area contributed by atoms with Crippen LogP contribution in [-0.4, -0.2) is 292 Å².